The van der Waals surface area contributed by atoms with E-state index in [2.05, 4.69) is 34.8 Å². The Balaban J connectivity index is 0.698. The Morgan fingerprint density at radius 3 is 2.25 bits per heavy atom. The van der Waals surface area contributed by atoms with Crippen molar-refractivity contribution in [1.29, 1.82) is 0 Å². The summed E-state index contributed by atoms with van der Waals surface area (Å²) < 4.78 is 49.8. The van der Waals surface area contributed by atoms with Crippen molar-refractivity contribution in [3.8, 4) is 11.1 Å². The number of unbranched alkanes of at least 4 members (excludes halogenated alkanes) is 2. The molecule has 4 atom stereocenters. The minimum atomic E-state index is -4.50. The summed E-state index contributed by atoms with van der Waals surface area (Å²) in [6.07, 6.45) is 11.1. The highest BCUT2D eigenvalue weighted by Crippen LogP contribution is 2.72. The van der Waals surface area contributed by atoms with Gasteiger partial charge in [-0.25, -0.2) is 24.4 Å². The predicted molar refractivity (Wildman–Crippen MR) is 385 cm³/mol. The quantitative estimate of drug-likeness (QED) is 0.0124. The average molecular weight is 1450 g/mol. The number of ether oxygens (including phenoxy) is 2. The van der Waals surface area contributed by atoms with E-state index in [1.54, 1.807) is 42.6 Å². The third-order valence-electron chi connectivity index (χ3n) is 20.9. The van der Waals surface area contributed by atoms with Gasteiger partial charge in [0, 0.05) is 106 Å². The number of amides is 7. The molecule has 12 rings (SSSR count). The number of nitrogens with zero attached hydrogens (tertiary/aromatic N) is 7. The van der Waals surface area contributed by atoms with Crippen LogP contribution in [0.15, 0.2) is 97.2 Å². The lowest BCUT2D eigenvalue weighted by atomic mass is 9.39. The average Bonchev–Trinajstić information content (AvgIpc) is 0.895. The highest BCUT2D eigenvalue weighted by molar-refractivity contribution is 7.85. The van der Waals surface area contributed by atoms with Crippen LogP contribution in [0.5, 0.6) is 0 Å². The minimum Gasteiger partial charge on any atom is -0.476 e. The Kier molecular flexibility index (Phi) is 22.8. The number of Topliss-reactive ketones (excluding diaryl/α,β-unsaturated/α-hetero) is 2. The molecule has 26 nitrogen and oxygen atoms in total. The first-order chi connectivity index (χ1) is 49.0. The van der Waals surface area contributed by atoms with E-state index in [-0.39, 0.29) is 122 Å². The lowest BCUT2D eigenvalue weighted by molar-refractivity contribution is -0.248. The Morgan fingerprint density at radius 2 is 1.55 bits per heavy atom. The highest BCUT2D eigenvalue weighted by atomic mass is 32.2. The number of carbonyl (C=O) groups is 9. The fraction of sp³-hybridized carbons (Fsp3) is 0.493. The Morgan fingerprint density at radius 1 is 0.825 bits per heavy atom. The molecule has 6 aliphatic rings. The summed E-state index contributed by atoms with van der Waals surface area (Å²) in [6.45, 7) is 11.4. The van der Waals surface area contributed by atoms with Gasteiger partial charge in [0.25, 0.3) is 27.8 Å². The van der Waals surface area contributed by atoms with Crippen LogP contribution in [-0.2, 0) is 76.1 Å². The summed E-state index contributed by atoms with van der Waals surface area (Å²) in [7, 11) is -4.50. The van der Waals surface area contributed by atoms with Gasteiger partial charge in [0.05, 0.1) is 40.4 Å². The van der Waals surface area contributed by atoms with Crippen LogP contribution in [0.25, 0.3) is 21.3 Å². The molecule has 4 fully saturated rings. The normalized spacial score (nSPS) is 21.0. The number of rotatable bonds is 34. The van der Waals surface area contributed by atoms with Crippen LogP contribution in [0, 0.1) is 35.0 Å². The fourth-order valence-corrected chi connectivity index (χ4v) is 18.5. The molecule has 5 heterocycles. The number of nitrogens with one attached hydrogen (secondary N) is 3. The number of urea groups is 1. The van der Waals surface area contributed by atoms with Crippen molar-refractivity contribution in [2.45, 2.75) is 162 Å². The predicted octanol–water partition coefficient (Wildman–Crippen LogP) is 9.80. The number of carbonyl (C=O) groups excluding carboxylic acids is 8. The van der Waals surface area contributed by atoms with E-state index in [1.165, 1.54) is 28.4 Å². The number of carboxylic acid groups (broad SMARTS) is 1. The largest absolute Gasteiger partial charge is 0.476 e. The third-order valence-corrected chi connectivity index (χ3v) is 22.5. The molecular formula is C75H91N11O15S2. The van der Waals surface area contributed by atoms with E-state index in [9.17, 15) is 61.2 Å². The number of imide groups is 1. The van der Waals surface area contributed by atoms with Gasteiger partial charge < -0.3 is 40.7 Å². The van der Waals surface area contributed by atoms with Gasteiger partial charge in [0.2, 0.25) is 5.91 Å². The molecule has 6 aromatic rings. The number of aromatic carboxylic acids is 1. The molecular weight excluding hydrogens is 1360 g/mol. The number of primary amides is 1. The monoisotopic (exact) mass is 1450 g/mol. The number of para-hydroxylation sites is 1. The lowest BCUT2D eigenvalue weighted by Gasteiger charge is -2.69. The number of thiazole rings is 1. The van der Waals surface area contributed by atoms with E-state index in [0.717, 1.165) is 64.0 Å². The van der Waals surface area contributed by atoms with Crippen molar-refractivity contribution in [1.82, 2.24) is 40.2 Å². The minimum absolute atomic E-state index is 0.0387. The number of aromatic nitrogens is 4. The van der Waals surface area contributed by atoms with Crippen LogP contribution in [0.4, 0.5) is 20.5 Å². The van der Waals surface area contributed by atoms with E-state index in [4.69, 9.17) is 25.3 Å². The maximum absolute atomic E-state index is 14.0. The molecule has 4 saturated carbocycles. The maximum atomic E-state index is 14.0. The van der Waals surface area contributed by atoms with Crippen molar-refractivity contribution < 1.29 is 70.7 Å². The standard InChI is InChI=1S/C75H91N11O15S2/c1-47(2)55(36-52(87)14-7-6-10-29-85-63(89)25-26-64(85)90)67(92)79-58(17-12-28-77-69(76)95)60(88)35-49-19-21-50(22-20-49)39-100-71(96)83(32-34-103(97,98)99)31-33-101-75-43-72(4)40-73(5,44-75)42-74(41-72,45-75)46-86-48(3)56(37-78-86)53-23-24-62(81-65(53)68(93)94)84-30-27-51-13-11-15-54(57(51)38-84)66(91)82-70-80-59-16-8-9-18-61(59)102-70/h8-9,11,13,15-16,18-26,37,47,55,58H,6-7,10,12,14,17,27-36,38-46H2,1-5H3,(H,79,92)(H,93,94)(H3,76,77,95)(H,80,82,91)(H,97,98,99)/t55-,58-,72?,73?,74?,75?/m0/s1. The number of pyridine rings is 1. The van der Waals surface area contributed by atoms with E-state index in [1.807, 2.05) is 72.8 Å². The SMILES string of the molecule is Cc1c(-c2ccc(N3CCc4cccc(C(=O)Nc5nc6ccccc6s5)c4C3)nc2C(=O)O)cnn1CC12CC3(C)CC(C)(C1)CC(OCCN(CCS(=O)(=O)O)C(=O)OCc1ccc(CC(=O)[C@H](CCCNC(N)=O)NC(=O)[C@@H](CC(=O)CCCCCN4C(=O)C=CC4=O)C(C)C)cc1)(C3)C2. The first-order valence-electron chi connectivity index (χ1n) is 35.3. The molecule has 0 radical (unpaired) electrons. The first-order valence-corrected chi connectivity index (χ1v) is 37.7. The number of fused-ring (bicyclic) bond motifs is 2. The number of hydrogen-bond donors (Lipinski definition) is 6. The number of hydrogen-bond acceptors (Lipinski definition) is 18. The van der Waals surface area contributed by atoms with Crippen LogP contribution in [-0.4, -0.2) is 158 Å². The summed E-state index contributed by atoms with van der Waals surface area (Å²) >= 11 is 1.40. The topological polar surface area (TPSA) is 362 Å². The van der Waals surface area contributed by atoms with E-state index in [0.29, 0.717) is 96.9 Å². The Bertz CT molecular complexity index is 4330. The summed E-state index contributed by atoms with van der Waals surface area (Å²) in [5.41, 5.74) is 10.2. The van der Waals surface area contributed by atoms with Gasteiger partial charge in [-0.05, 0) is 152 Å². The first kappa shape index (κ1) is 74.9. The van der Waals surface area contributed by atoms with Crippen molar-refractivity contribution >= 4 is 95.9 Å². The second-order valence-corrected chi connectivity index (χ2v) is 32.4. The van der Waals surface area contributed by atoms with Crippen LogP contribution in [0.3, 0.4) is 0 Å². The van der Waals surface area contributed by atoms with Crippen molar-refractivity contribution in [3.63, 3.8) is 0 Å². The molecule has 548 valence electrons. The number of benzene rings is 3. The van der Waals surface area contributed by atoms with Crippen molar-refractivity contribution in [2.75, 3.05) is 55.3 Å². The summed E-state index contributed by atoms with van der Waals surface area (Å²) in [6, 6.07) is 22.0. The van der Waals surface area contributed by atoms with Gasteiger partial charge in [0.1, 0.15) is 18.2 Å². The van der Waals surface area contributed by atoms with Crippen LogP contribution < -0.4 is 26.6 Å². The molecule has 7 amide bonds. The zero-order valence-electron chi connectivity index (χ0n) is 58.9. The van der Waals surface area contributed by atoms with Crippen molar-refractivity contribution in [3.05, 3.63) is 136 Å². The molecule has 3 aromatic heterocycles. The highest BCUT2D eigenvalue weighted by Gasteiger charge is 2.66. The molecule has 4 bridgehead atoms. The van der Waals surface area contributed by atoms with Gasteiger partial charge >= 0.3 is 18.1 Å². The second-order valence-electron chi connectivity index (χ2n) is 29.8. The Labute approximate surface area is 602 Å². The molecule has 0 spiro atoms. The van der Waals surface area contributed by atoms with Crippen LogP contribution in [0.2, 0.25) is 0 Å². The summed E-state index contributed by atoms with van der Waals surface area (Å²) in [4.78, 5) is 131. The molecule has 103 heavy (non-hydrogen) atoms. The van der Waals surface area contributed by atoms with E-state index >= 15 is 0 Å². The number of anilines is 2. The zero-order valence-corrected chi connectivity index (χ0v) is 60.5. The molecule has 2 unspecified atom stereocenters. The molecule has 4 aliphatic carbocycles. The molecule has 0 saturated heterocycles. The number of carboxylic acids is 1. The third kappa shape index (κ3) is 18.4. The van der Waals surface area contributed by atoms with Crippen LogP contribution in [0.1, 0.15) is 160 Å². The Hall–Kier alpha value is -9.25. The van der Waals surface area contributed by atoms with Gasteiger partial charge in [-0.2, -0.15) is 13.5 Å². The maximum Gasteiger partial charge on any atom is 0.410 e. The van der Waals surface area contributed by atoms with Gasteiger partial charge in [0.15, 0.2) is 16.6 Å². The smallest absolute Gasteiger partial charge is 0.410 e. The zero-order chi connectivity index (χ0) is 73.6. The summed E-state index contributed by atoms with van der Waals surface area (Å²) in [5, 5.41) is 24.6. The molecule has 3 aromatic carbocycles. The van der Waals surface area contributed by atoms with Gasteiger partial charge in [-0.3, -0.25) is 48.2 Å². The van der Waals surface area contributed by atoms with Crippen LogP contribution >= 0.6 is 11.3 Å². The fourth-order valence-electron chi connectivity index (χ4n) is 17.1. The summed E-state index contributed by atoms with van der Waals surface area (Å²) in [5.74, 6) is -4.38. The lowest BCUT2D eigenvalue weighted by Crippen LogP contribution is -2.64. The van der Waals surface area contributed by atoms with Gasteiger partial charge in [-0.15, -0.1) is 0 Å². The molecule has 7 N–H and O–H groups in total. The second kappa shape index (κ2) is 31.4. The number of ketones is 2. The van der Waals surface area contributed by atoms with Gasteiger partial charge in [-0.1, -0.05) is 94.0 Å². The molecule has 28 heteroatoms. The number of nitrogens with two attached hydrogens (primary N) is 1. The van der Waals surface area contributed by atoms with E-state index < -0.39 is 57.4 Å². The molecule has 2 aliphatic heterocycles. The van der Waals surface area contributed by atoms with Crippen molar-refractivity contribution in [2.24, 2.45) is 33.8 Å².